The van der Waals surface area contributed by atoms with Gasteiger partial charge in [0.1, 0.15) is 5.75 Å². The van der Waals surface area contributed by atoms with Gasteiger partial charge in [0.2, 0.25) is 5.91 Å². The molecule has 0 spiro atoms. The van der Waals surface area contributed by atoms with Gasteiger partial charge in [-0.15, -0.1) is 12.4 Å². The third-order valence-corrected chi connectivity index (χ3v) is 2.61. The van der Waals surface area contributed by atoms with Crippen molar-refractivity contribution in [3.05, 3.63) is 29.8 Å². The fraction of sp³-hybridized carbons (Fsp3) is 0.533. The lowest BCUT2D eigenvalue weighted by molar-refractivity contribution is -0.121. The van der Waals surface area contributed by atoms with Crippen molar-refractivity contribution in [2.24, 2.45) is 5.73 Å². The first-order valence-corrected chi connectivity index (χ1v) is 6.85. The molecule has 2 unspecified atom stereocenters. The number of halogens is 1. The van der Waals surface area contributed by atoms with Gasteiger partial charge in [-0.05, 0) is 38.5 Å². The van der Waals surface area contributed by atoms with Gasteiger partial charge in [0, 0.05) is 19.0 Å². The van der Waals surface area contributed by atoms with Crippen LogP contribution in [-0.2, 0) is 4.79 Å². The fourth-order valence-corrected chi connectivity index (χ4v) is 1.76. The summed E-state index contributed by atoms with van der Waals surface area (Å²) in [6.45, 7) is 5.81. The average molecular weight is 317 g/mol. The number of aliphatic hydroxyl groups is 1. The Bertz CT molecular complexity index is 439. The number of hydrogen-bond donors (Lipinski definition) is 3. The quantitative estimate of drug-likeness (QED) is 0.716. The maximum Gasteiger partial charge on any atom is 0.221 e. The van der Waals surface area contributed by atoms with Crippen molar-refractivity contribution in [1.29, 1.82) is 0 Å². The molecule has 0 saturated carbocycles. The summed E-state index contributed by atoms with van der Waals surface area (Å²) in [7, 11) is 0. The smallest absolute Gasteiger partial charge is 0.221 e. The van der Waals surface area contributed by atoms with E-state index in [0.717, 1.165) is 0 Å². The summed E-state index contributed by atoms with van der Waals surface area (Å²) in [5.74, 6) is 0.548. The number of carbonyl (C=O) groups is 1. The van der Waals surface area contributed by atoms with Crippen LogP contribution in [-0.4, -0.2) is 29.7 Å². The van der Waals surface area contributed by atoms with Crippen LogP contribution in [0.25, 0.3) is 0 Å². The van der Waals surface area contributed by atoms with Crippen LogP contribution in [0.15, 0.2) is 24.3 Å². The molecule has 0 aromatic heterocycles. The van der Waals surface area contributed by atoms with Gasteiger partial charge in [-0.3, -0.25) is 4.79 Å². The predicted octanol–water partition coefficient (Wildman–Crippen LogP) is 1.78. The van der Waals surface area contributed by atoms with E-state index in [2.05, 4.69) is 5.32 Å². The van der Waals surface area contributed by atoms with Crippen LogP contribution < -0.4 is 15.8 Å². The Morgan fingerprint density at radius 1 is 1.38 bits per heavy atom. The number of ether oxygens (including phenoxy) is 1. The first-order valence-electron chi connectivity index (χ1n) is 6.85. The van der Waals surface area contributed by atoms with Gasteiger partial charge in [0.05, 0.1) is 12.2 Å². The van der Waals surface area contributed by atoms with Crippen molar-refractivity contribution in [2.45, 2.75) is 45.4 Å². The molecular weight excluding hydrogens is 292 g/mol. The van der Waals surface area contributed by atoms with E-state index < -0.39 is 6.10 Å². The summed E-state index contributed by atoms with van der Waals surface area (Å²) in [5, 5.41) is 12.7. The van der Waals surface area contributed by atoms with Crippen LogP contribution in [0.4, 0.5) is 0 Å². The zero-order valence-electron chi connectivity index (χ0n) is 12.7. The third-order valence-electron chi connectivity index (χ3n) is 2.61. The van der Waals surface area contributed by atoms with E-state index in [1.54, 1.807) is 19.1 Å². The summed E-state index contributed by atoms with van der Waals surface area (Å²) in [6, 6.07) is 7.05. The number of nitrogens with one attached hydrogen (secondary N) is 1. The second-order valence-corrected chi connectivity index (χ2v) is 5.24. The largest absolute Gasteiger partial charge is 0.491 e. The topological polar surface area (TPSA) is 84.6 Å². The highest BCUT2D eigenvalue weighted by molar-refractivity contribution is 5.85. The minimum atomic E-state index is -0.761. The van der Waals surface area contributed by atoms with Crippen LogP contribution in [0.5, 0.6) is 5.75 Å². The molecule has 1 aromatic carbocycles. The number of aliphatic hydroxyl groups excluding tert-OH is 1. The summed E-state index contributed by atoms with van der Waals surface area (Å²) < 4.78 is 5.57. The van der Waals surface area contributed by atoms with Gasteiger partial charge in [-0.25, -0.2) is 0 Å². The van der Waals surface area contributed by atoms with Gasteiger partial charge in [-0.2, -0.15) is 0 Å². The lowest BCUT2D eigenvalue weighted by Gasteiger charge is -2.15. The Morgan fingerprint density at radius 2 is 2.05 bits per heavy atom. The third kappa shape index (κ3) is 7.90. The maximum atomic E-state index is 11.5. The minimum absolute atomic E-state index is 0. The van der Waals surface area contributed by atoms with E-state index in [-0.39, 0.29) is 43.4 Å². The Labute approximate surface area is 132 Å². The summed E-state index contributed by atoms with van der Waals surface area (Å²) in [6.07, 6.45) is -0.431. The second kappa shape index (κ2) is 9.60. The predicted molar refractivity (Wildman–Crippen MR) is 85.7 cm³/mol. The van der Waals surface area contributed by atoms with Crippen molar-refractivity contribution in [2.75, 3.05) is 6.54 Å². The van der Waals surface area contributed by atoms with Crippen molar-refractivity contribution in [3.8, 4) is 5.75 Å². The molecule has 0 saturated heterocycles. The molecule has 0 aliphatic rings. The Hall–Kier alpha value is -1.30. The fourth-order valence-electron chi connectivity index (χ4n) is 1.76. The molecule has 120 valence electrons. The van der Waals surface area contributed by atoms with Crippen LogP contribution >= 0.6 is 12.4 Å². The van der Waals surface area contributed by atoms with Crippen LogP contribution in [0, 0.1) is 0 Å². The molecule has 0 aliphatic heterocycles. The van der Waals surface area contributed by atoms with E-state index in [1.165, 1.54) is 0 Å². The first kappa shape index (κ1) is 19.7. The first-order chi connectivity index (χ1) is 9.38. The van der Waals surface area contributed by atoms with Gasteiger partial charge in [-0.1, -0.05) is 12.1 Å². The highest BCUT2D eigenvalue weighted by atomic mass is 35.5. The van der Waals surface area contributed by atoms with Crippen molar-refractivity contribution in [1.82, 2.24) is 5.32 Å². The normalized spacial score (nSPS) is 13.2. The Balaban J connectivity index is 0.00000400. The molecule has 0 heterocycles. The molecule has 0 aliphatic carbocycles. The van der Waals surface area contributed by atoms with Crippen molar-refractivity contribution < 1.29 is 14.6 Å². The zero-order chi connectivity index (χ0) is 15.1. The monoisotopic (exact) mass is 316 g/mol. The van der Waals surface area contributed by atoms with Gasteiger partial charge < -0.3 is 20.9 Å². The molecule has 4 N–H and O–H groups in total. The number of carbonyl (C=O) groups excluding carboxylic acids is 1. The van der Waals surface area contributed by atoms with Crippen molar-refractivity contribution >= 4 is 18.3 Å². The average Bonchev–Trinajstić information content (AvgIpc) is 2.34. The number of amides is 1. The highest BCUT2D eigenvalue weighted by Crippen LogP contribution is 2.19. The lowest BCUT2D eigenvalue weighted by Crippen LogP contribution is -2.32. The number of hydrogen-bond acceptors (Lipinski definition) is 4. The molecule has 21 heavy (non-hydrogen) atoms. The van der Waals surface area contributed by atoms with E-state index in [1.807, 2.05) is 26.0 Å². The second-order valence-electron chi connectivity index (χ2n) is 5.24. The molecule has 5 nitrogen and oxygen atoms in total. The molecular formula is C15H25ClN2O3. The maximum absolute atomic E-state index is 11.5. The molecule has 1 aromatic rings. The van der Waals surface area contributed by atoms with Crippen LogP contribution in [0.3, 0.4) is 0 Å². The molecule has 2 atom stereocenters. The van der Waals surface area contributed by atoms with Crippen LogP contribution in [0.1, 0.15) is 38.9 Å². The minimum Gasteiger partial charge on any atom is -0.491 e. The van der Waals surface area contributed by atoms with E-state index in [0.29, 0.717) is 11.3 Å². The molecule has 0 radical (unpaired) electrons. The lowest BCUT2D eigenvalue weighted by atomic mass is 10.1. The number of rotatable bonds is 7. The summed E-state index contributed by atoms with van der Waals surface area (Å²) >= 11 is 0. The van der Waals surface area contributed by atoms with E-state index in [9.17, 15) is 9.90 Å². The SMILES string of the molecule is CC(N)CC(=O)NCC(O)c1cccc(OC(C)C)c1.Cl. The van der Waals surface area contributed by atoms with Gasteiger partial charge >= 0.3 is 0 Å². The zero-order valence-corrected chi connectivity index (χ0v) is 13.5. The molecule has 6 heteroatoms. The van der Waals surface area contributed by atoms with E-state index >= 15 is 0 Å². The molecule has 0 fully saturated rings. The standard InChI is InChI=1S/C15H24N2O3.ClH/c1-10(2)20-13-6-4-5-12(8-13)14(18)9-17-15(19)7-11(3)16;/h4-6,8,10-11,14,18H,7,9,16H2,1-3H3,(H,17,19);1H. The molecule has 1 amide bonds. The van der Waals surface area contributed by atoms with Crippen molar-refractivity contribution in [3.63, 3.8) is 0 Å². The summed E-state index contributed by atoms with van der Waals surface area (Å²) in [4.78, 5) is 11.5. The molecule has 0 bridgehead atoms. The van der Waals surface area contributed by atoms with E-state index in [4.69, 9.17) is 10.5 Å². The Morgan fingerprint density at radius 3 is 2.62 bits per heavy atom. The van der Waals surface area contributed by atoms with Gasteiger partial charge in [0.25, 0.3) is 0 Å². The highest BCUT2D eigenvalue weighted by Gasteiger charge is 2.11. The summed E-state index contributed by atoms with van der Waals surface area (Å²) in [5.41, 5.74) is 6.25. The number of benzene rings is 1. The molecule has 1 rings (SSSR count). The van der Waals surface area contributed by atoms with Crippen LogP contribution in [0.2, 0.25) is 0 Å². The van der Waals surface area contributed by atoms with Gasteiger partial charge in [0.15, 0.2) is 0 Å². The number of nitrogens with two attached hydrogens (primary N) is 1. The Kier molecular flexibility index (Phi) is 9.01.